The smallest absolute Gasteiger partial charge is 0.264 e. The monoisotopic (exact) mass is 402 g/mol. The van der Waals surface area contributed by atoms with Gasteiger partial charge in [0.05, 0.1) is 10.6 Å². The van der Waals surface area contributed by atoms with Crippen molar-refractivity contribution in [3.8, 4) is 0 Å². The number of hydrogen-bond acceptors (Lipinski definition) is 3. The Morgan fingerprint density at radius 2 is 1.54 bits per heavy atom. The standard InChI is InChI=1S/C22H30N2O3S/c1-15(2)21(16(3)4)23-22(25)18-8-7-9-20(14-18)28(26,27)24(6)19-12-10-17(5)11-13-19/h7-16,21H,1-6H3,(H,23,25). The molecule has 0 unspecified atom stereocenters. The molecule has 5 nitrogen and oxygen atoms in total. The highest BCUT2D eigenvalue weighted by atomic mass is 32.2. The average Bonchev–Trinajstić information content (AvgIpc) is 2.65. The van der Waals surface area contributed by atoms with E-state index in [1.165, 1.54) is 23.5 Å². The zero-order valence-electron chi connectivity index (χ0n) is 17.4. The number of carbonyl (C=O) groups is 1. The molecule has 0 atom stereocenters. The molecule has 2 rings (SSSR count). The number of nitrogens with zero attached hydrogens (tertiary/aromatic N) is 1. The van der Waals surface area contributed by atoms with Crippen LogP contribution in [0, 0.1) is 18.8 Å². The predicted octanol–water partition coefficient (Wildman–Crippen LogP) is 4.23. The molecule has 0 spiro atoms. The van der Waals surface area contributed by atoms with Gasteiger partial charge in [-0.3, -0.25) is 9.10 Å². The molecular formula is C22H30N2O3S. The van der Waals surface area contributed by atoms with Crippen LogP contribution in [0.15, 0.2) is 53.4 Å². The molecular weight excluding hydrogens is 372 g/mol. The Labute approximate surface area is 168 Å². The fourth-order valence-corrected chi connectivity index (χ4v) is 4.43. The van der Waals surface area contributed by atoms with Gasteiger partial charge in [0.25, 0.3) is 15.9 Å². The molecule has 2 aromatic carbocycles. The lowest BCUT2D eigenvalue weighted by molar-refractivity contribution is 0.0910. The summed E-state index contributed by atoms with van der Waals surface area (Å²) < 4.78 is 27.3. The number of sulfonamides is 1. The first kappa shape index (κ1) is 22.0. The Hall–Kier alpha value is -2.34. The zero-order chi connectivity index (χ0) is 21.1. The molecule has 0 radical (unpaired) electrons. The first-order valence-electron chi connectivity index (χ1n) is 9.50. The quantitative estimate of drug-likeness (QED) is 0.754. The second-order valence-electron chi connectivity index (χ2n) is 7.82. The van der Waals surface area contributed by atoms with Crippen molar-refractivity contribution in [2.45, 2.75) is 45.6 Å². The van der Waals surface area contributed by atoms with E-state index in [1.54, 1.807) is 24.3 Å². The minimum absolute atomic E-state index is 0.0167. The maximum atomic E-state index is 13.0. The van der Waals surface area contributed by atoms with E-state index in [0.29, 0.717) is 11.3 Å². The van der Waals surface area contributed by atoms with Crippen LogP contribution in [0.4, 0.5) is 5.69 Å². The van der Waals surface area contributed by atoms with Gasteiger partial charge in [-0.05, 0) is 49.1 Å². The van der Waals surface area contributed by atoms with E-state index in [0.717, 1.165) is 5.56 Å². The van der Waals surface area contributed by atoms with Gasteiger partial charge in [-0.25, -0.2) is 8.42 Å². The van der Waals surface area contributed by atoms with Crippen LogP contribution < -0.4 is 9.62 Å². The number of nitrogens with one attached hydrogen (secondary N) is 1. The molecule has 0 bridgehead atoms. The molecule has 0 heterocycles. The van der Waals surface area contributed by atoms with Crippen LogP contribution in [-0.4, -0.2) is 27.4 Å². The Kier molecular flexibility index (Phi) is 6.88. The third-order valence-corrected chi connectivity index (χ3v) is 6.67. The Morgan fingerprint density at radius 3 is 2.07 bits per heavy atom. The van der Waals surface area contributed by atoms with Crippen molar-refractivity contribution in [1.29, 1.82) is 0 Å². The van der Waals surface area contributed by atoms with E-state index >= 15 is 0 Å². The zero-order valence-corrected chi connectivity index (χ0v) is 18.2. The molecule has 0 saturated heterocycles. The summed E-state index contributed by atoms with van der Waals surface area (Å²) in [6.07, 6.45) is 0. The highest BCUT2D eigenvalue weighted by Crippen LogP contribution is 2.23. The molecule has 0 aliphatic carbocycles. The number of benzene rings is 2. The lowest BCUT2D eigenvalue weighted by Gasteiger charge is -2.26. The van der Waals surface area contributed by atoms with Crippen LogP contribution in [0.5, 0.6) is 0 Å². The van der Waals surface area contributed by atoms with E-state index in [-0.39, 0.29) is 28.7 Å². The van der Waals surface area contributed by atoms with Gasteiger partial charge in [0.1, 0.15) is 0 Å². The minimum atomic E-state index is -3.77. The first-order chi connectivity index (χ1) is 13.0. The fraction of sp³-hybridized carbons (Fsp3) is 0.409. The minimum Gasteiger partial charge on any atom is -0.349 e. The Balaban J connectivity index is 2.30. The second-order valence-corrected chi connectivity index (χ2v) is 9.79. The molecule has 2 aromatic rings. The topological polar surface area (TPSA) is 66.5 Å². The fourth-order valence-electron chi connectivity index (χ4n) is 3.19. The van der Waals surface area contributed by atoms with Crippen molar-refractivity contribution in [3.63, 3.8) is 0 Å². The van der Waals surface area contributed by atoms with Gasteiger partial charge in [-0.1, -0.05) is 51.5 Å². The van der Waals surface area contributed by atoms with Crippen molar-refractivity contribution < 1.29 is 13.2 Å². The SMILES string of the molecule is Cc1ccc(N(C)S(=O)(=O)c2cccc(C(=O)NC(C(C)C)C(C)C)c2)cc1. The lowest BCUT2D eigenvalue weighted by Crippen LogP contribution is -2.42. The molecule has 152 valence electrons. The van der Waals surface area contributed by atoms with Crippen molar-refractivity contribution in [2.75, 3.05) is 11.4 Å². The van der Waals surface area contributed by atoms with E-state index in [9.17, 15) is 13.2 Å². The lowest BCUT2D eigenvalue weighted by atomic mass is 9.93. The highest BCUT2D eigenvalue weighted by Gasteiger charge is 2.24. The normalized spacial score (nSPS) is 11.9. The van der Waals surface area contributed by atoms with Crippen molar-refractivity contribution in [3.05, 3.63) is 59.7 Å². The number of hydrogen-bond donors (Lipinski definition) is 1. The molecule has 28 heavy (non-hydrogen) atoms. The summed E-state index contributed by atoms with van der Waals surface area (Å²) in [5.74, 6) is 0.300. The van der Waals surface area contributed by atoms with E-state index < -0.39 is 10.0 Å². The Morgan fingerprint density at radius 1 is 0.964 bits per heavy atom. The summed E-state index contributed by atoms with van der Waals surface area (Å²) in [7, 11) is -2.25. The van der Waals surface area contributed by atoms with Gasteiger partial charge < -0.3 is 5.32 Å². The largest absolute Gasteiger partial charge is 0.349 e. The first-order valence-corrected chi connectivity index (χ1v) is 10.9. The summed E-state index contributed by atoms with van der Waals surface area (Å²) in [5.41, 5.74) is 1.96. The van der Waals surface area contributed by atoms with Crippen molar-refractivity contribution in [2.24, 2.45) is 11.8 Å². The molecule has 1 N–H and O–H groups in total. The molecule has 0 aliphatic heterocycles. The molecule has 6 heteroatoms. The maximum absolute atomic E-state index is 13.0. The van der Waals surface area contributed by atoms with Crippen LogP contribution in [0.25, 0.3) is 0 Å². The van der Waals surface area contributed by atoms with Crippen molar-refractivity contribution in [1.82, 2.24) is 5.32 Å². The van der Waals surface area contributed by atoms with Gasteiger partial charge in [0.2, 0.25) is 0 Å². The summed E-state index contributed by atoms with van der Waals surface area (Å²) in [5, 5.41) is 3.03. The summed E-state index contributed by atoms with van der Waals surface area (Å²) in [6.45, 7) is 10.2. The number of carbonyl (C=O) groups excluding carboxylic acids is 1. The van der Waals surface area contributed by atoms with E-state index in [2.05, 4.69) is 33.0 Å². The summed E-state index contributed by atoms with van der Waals surface area (Å²) in [6, 6.07) is 13.5. The van der Waals surface area contributed by atoms with Crippen molar-refractivity contribution >= 4 is 21.6 Å². The van der Waals surface area contributed by atoms with Crippen LogP contribution in [-0.2, 0) is 10.0 Å². The summed E-state index contributed by atoms with van der Waals surface area (Å²) >= 11 is 0. The molecule has 1 amide bonds. The molecule has 0 saturated carbocycles. The highest BCUT2D eigenvalue weighted by molar-refractivity contribution is 7.92. The number of anilines is 1. The average molecular weight is 403 g/mol. The molecule has 0 aliphatic rings. The van der Waals surface area contributed by atoms with Gasteiger partial charge in [-0.15, -0.1) is 0 Å². The third kappa shape index (κ3) is 4.93. The summed E-state index contributed by atoms with van der Waals surface area (Å²) in [4.78, 5) is 12.8. The number of rotatable bonds is 7. The van der Waals surface area contributed by atoms with Gasteiger partial charge in [0.15, 0.2) is 0 Å². The van der Waals surface area contributed by atoms with Gasteiger partial charge in [0, 0.05) is 18.7 Å². The second kappa shape index (κ2) is 8.78. The predicted molar refractivity (Wildman–Crippen MR) is 114 cm³/mol. The van der Waals surface area contributed by atoms with Crippen LogP contribution in [0.2, 0.25) is 0 Å². The Bertz CT molecular complexity index is 911. The molecule has 0 aromatic heterocycles. The van der Waals surface area contributed by atoms with E-state index in [4.69, 9.17) is 0 Å². The number of amides is 1. The third-order valence-electron chi connectivity index (χ3n) is 4.89. The molecule has 0 fully saturated rings. The van der Waals surface area contributed by atoms with Gasteiger partial charge in [-0.2, -0.15) is 0 Å². The maximum Gasteiger partial charge on any atom is 0.264 e. The van der Waals surface area contributed by atoms with E-state index in [1.807, 2.05) is 19.1 Å². The number of aryl methyl sites for hydroxylation is 1. The van der Waals surface area contributed by atoms with Crippen LogP contribution >= 0.6 is 0 Å². The van der Waals surface area contributed by atoms with Crippen LogP contribution in [0.1, 0.15) is 43.6 Å². The van der Waals surface area contributed by atoms with Gasteiger partial charge >= 0.3 is 0 Å². The van der Waals surface area contributed by atoms with Crippen LogP contribution in [0.3, 0.4) is 0 Å².